The van der Waals surface area contributed by atoms with Crippen LogP contribution in [0.15, 0.2) is 11.6 Å². The molecule has 0 radical (unpaired) electrons. The van der Waals surface area contributed by atoms with Crippen LogP contribution in [0.25, 0.3) is 0 Å². The second-order valence-electron chi connectivity index (χ2n) is 7.00. The van der Waals surface area contributed by atoms with Crippen molar-refractivity contribution in [2.45, 2.75) is 57.0 Å². The van der Waals surface area contributed by atoms with Gasteiger partial charge in [-0.15, -0.1) is 0 Å². The summed E-state index contributed by atoms with van der Waals surface area (Å²) in [4.78, 5) is 0. The fourth-order valence-corrected chi connectivity index (χ4v) is 5.03. The smallest absolute Gasteiger partial charge is 0.126 e. The van der Waals surface area contributed by atoms with Gasteiger partial charge in [-0.2, -0.15) is 0 Å². The first-order chi connectivity index (χ1) is 9.00. The molecule has 0 aromatic rings. The number of epoxide rings is 1. The molecule has 1 saturated carbocycles. The van der Waals surface area contributed by atoms with Crippen molar-refractivity contribution < 1.29 is 19.7 Å². The molecule has 0 aromatic carbocycles. The van der Waals surface area contributed by atoms with E-state index >= 15 is 0 Å². The zero-order valence-corrected chi connectivity index (χ0v) is 11.6. The SMILES string of the molecule is CC1=C[C@H]2O[C@H]3C[C@@H](O)[C@](C)([C@@]2(CO)CC1)[C@]31CO1. The summed E-state index contributed by atoms with van der Waals surface area (Å²) in [7, 11) is 0. The molecule has 106 valence electrons. The maximum absolute atomic E-state index is 10.6. The maximum atomic E-state index is 10.6. The molecule has 2 aliphatic heterocycles. The summed E-state index contributed by atoms with van der Waals surface area (Å²) in [6.45, 7) is 4.92. The van der Waals surface area contributed by atoms with E-state index in [9.17, 15) is 10.2 Å². The van der Waals surface area contributed by atoms with Crippen molar-refractivity contribution in [1.29, 1.82) is 0 Å². The van der Waals surface area contributed by atoms with Crippen molar-refractivity contribution in [1.82, 2.24) is 0 Å². The Morgan fingerprint density at radius 3 is 2.84 bits per heavy atom. The van der Waals surface area contributed by atoms with E-state index in [-0.39, 0.29) is 24.4 Å². The number of allylic oxidation sites excluding steroid dienone is 1. The Labute approximate surface area is 113 Å². The quantitative estimate of drug-likeness (QED) is 0.549. The van der Waals surface area contributed by atoms with E-state index in [0.29, 0.717) is 13.0 Å². The van der Waals surface area contributed by atoms with Gasteiger partial charge in [-0.1, -0.05) is 18.6 Å². The topological polar surface area (TPSA) is 62.2 Å². The van der Waals surface area contributed by atoms with E-state index < -0.39 is 16.9 Å². The van der Waals surface area contributed by atoms with Crippen molar-refractivity contribution in [2.75, 3.05) is 13.2 Å². The third kappa shape index (κ3) is 1.13. The molecular weight excluding hydrogens is 244 g/mol. The summed E-state index contributed by atoms with van der Waals surface area (Å²) >= 11 is 0. The number of rotatable bonds is 1. The van der Waals surface area contributed by atoms with E-state index in [1.807, 2.05) is 0 Å². The second kappa shape index (κ2) is 3.42. The molecule has 4 heteroatoms. The molecule has 6 atom stereocenters. The lowest BCUT2D eigenvalue weighted by atomic mass is 9.51. The minimum absolute atomic E-state index is 0.0284. The van der Waals surface area contributed by atoms with Crippen LogP contribution in [0.2, 0.25) is 0 Å². The van der Waals surface area contributed by atoms with Crippen LogP contribution in [0.5, 0.6) is 0 Å². The Balaban J connectivity index is 1.89. The summed E-state index contributed by atoms with van der Waals surface area (Å²) < 4.78 is 12.0. The van der Waals surface area contributed by atoms with Gasteiger partial charge in [0.1, 0.15) is 5.60 Å². The van der Waals surface area contributed by atoms with Gasteiger partial charge in [0, 0.05) is 17.3 Å². The number of hydrogen-bond donors (Lipinski definition) is 2. The highest BCUT2D eigenvalue weighted by Crippen LogP contribution is 2.71. The molecule has 0 unspecified atom stereocenters. The second-order valence-corrected chi connectivity index (χ2v) is 7.00. The Hall–Kier alpha value is -0.420. The van der Waals surface area contributed by atoms with Gasteiger partial charge in [-0.05, 0) is 19.8 Å². The number of ether oxygens (including phenoxy) is 2. The van der Waals surface area contributed by atoms with Crippen molar-refractivity contribution in [3.05, 3.63) is 11.6 Å². The minimum Gasteiger partial charge on any atom is -0.396 e. The average Bonchev–Trinajstić information content (AvgIpc) is 3.15. The van der Waals surface area contributed by atoms with Crippen LogP contribution in [0.4, 0.5) is 0 Å². The summed E-state index contributed by atoms with van der Waals surface area (Å²) in [6, 6.07) is 0. The zero-order chi connectivity index (χ0) is 13.5. The highest BCUT2D eigenvalue weighted by molar-refractivity contribution is 5.32. The average molecular weight is 266 g/mol. The van der Waals surface area contributed by atoms with Gasteiger partial charge >= 0.3 is 0 Å². The molecule has 1 spiro atoms. The van der Waals surface area contributed by atoms with Gasteiger partial charge in [-0.3, -0.25) is 0 Å². The van der Waals surface area contributed by atoms with Gasteiger partial charge in [0.2, 0.25) is 0 Å². The standard InChI is InChI=1S/C15H22O4/c1-9-3-4-14(7-16)11(5-9)19-12-6-10(17)13(14,2)15(12)8-18-15/h5,10-12,16-17H,3-4,6-8H2,1-2H3/t10-,11-,12+,13-,14-,15+/m1/s1. The fraction of sp³-hybridized carbons (Fsp3) is 0.867. The first-order valence-corrected chi connectivity index (χ1v) is 7.26. The first-order valence-electron chi connectivity index (χ1n) is 7.26. The van der Waals surface area contributed by atoms with Crippen molar-refractivity contribution in [3.63, 3.8) is 0 Å². The van der Waals surface area contributed by atoms with Crippen LogP contribution in [-0.2, 0) is 9.47 Å². The summed E-state index contributed by atoms with van der Waals surface area (Å²) in [5.74, 6) is 0. The van der Waals surface area contributed by atoms with Crippen molar-refractivity contribution >= 4 is 0 Å². The molecule has 0 amide bonds. The third-order valence-electron chi connectivity index (χ3n) is 6.53. The highest BCUT2D eigenvalue weighted by atomic mass is 16.6. The number of aliphatic hydroxyl groups is 2. The highest BCUT2D eigenvalue weighted by Gasteiger charge is 2.81. The van der Waals surface area contributed by atoms with E-state index in [2.05, 4.69) is 19.9 Å². The number of fused-ring (bicyclic) bond motifs is 2. The van der Waals surface area contributed by atoms with Crippen LogP contribution in [0, 0.1) is 10.8 Å². The third-order valence-corrected chi connectivity index (χ3v) is 6.53. The lowest BCUT2D eigenvalue weighted by molar-refractivity contribution is -0.225. The van der Waals surface area contributed by atoms with Gasteiger partial charge in [0.25, 0.3) is 0 Å². The molecule has 4 rings (SSSR count). The predicted octanol–water partition coefficient (Wildman–Crippen LogP) is 1.01. The molecule has 2 bridgehead atoms. The largest absolute Gasteiger partial charge is 0.396 e. The first kappa shape index (κ1) is 12.3. The van der Waals surface area contributed by atoms with Crippen LogP contribution in [-0.4, -0.2) is 47.3 Å². The molecule has 4 aliphatic rings. The molecule has 2 saturated heterocycles. The van der Waals surface area contributed by atoms with Gasteiger partial charge in [0.05, 0.1) is 31.5 Å². The van der Waals surface area contributed by atoms with E-state index in [1.165, 1.54) is 5.57 Å². The molecule has 2 heterocycles. The van der Waals surface area contributed by atoms with Crippen molar-refractivity contribution in [3.8, 4) is 0 Å². The van der Waals surface area contributed by atoms with Crippen LogP contribution in [0.1, 0.15) is 33.1 Å². The lowest BCUT2D eigenvalue weighted by Gasteiger charge is -2.58. The molecular formula is C15H22O4. The molecule has 2 N–H and O–H groups in total. The van der Waals surface area contributed by atoms with E-state index in [1.54, 1.807) is 0 Å². The number of aliphatic hydroxyl groups excluding tert-OH is 2. The maximum Gasteiger partial charge on any atom is 0.126 e. The minimum atomic E-state index is -0.455. The Bertz CT molecular complexity index is 455. The molecule has 2 aliphatic carbocycles. The monoisotopic (exact) mass is 266 g/mol. The van der Waals surface area contributed by atoms with Gasteiger partial charge in [0.15, 0.2) is 0 Å². The Morgan fingerprint density at radius 1 is 1.47 bits per heavy atom. The molecule has 19 heavy (non-hydrogen) atoms. The summed E-state index contributed by atoms with van der Waals surface area (Å²) in [6.07, 6.45) is 4.03. The molecule has 4 nitrogen and oxygen atoms in total. The predicted molar refractivity (Wildman–Crippen MR) is 68.6 cm³/mol. The molecule has 3 fully saturated rings. The number of hydrogen-bond acceptors (Lipinski definition) is 4. The molecule has 0 aromatic heterocycles. The normalized spacial score (nSPS) is 58.9. The van der Waals surface area contributed by atoms with Crippen LogP contribution >= 0.6 is 0 Å². The Kier molecular flexibility index (Phi) is 2.22. The van der Waals surface area contributed by atoms with Crippen LogP contribution < -0.4 is 0 Å². The lowest BCUT2D eigenvalue weighted by Crippen LogP contribution is -2.66. The van der Waals surface area contributed by atoms with Crippen molar-refractivity contribution in [2.24, 2.45) is 10.8 Å². The van der Waals surface area contributed by atoms with Gasteiger partial charge in [-0.25, -0.2) is 0 Å². The summed E-state index contributed by atoms with van der Waals surface area (Å²) in [5.41, 5.74) is 0.152. The van der Waals surface area contributed by atoms with Crippen LogP contribution in [0.3, 0.4) is 0 Å². The summed E-state index contributed by atoms with van der Waals surface area (Å²) in [5, 5.41) is 20.8. The zero-order valence-electron chi connectivity index (χ0n) is 11.6. The fourth-order valence-electron chi connectivity index (χ4n) is 5.03. The van der Waals surface area contributed by atoms with E-state index in [4.69, 9.17) is 9.47 Å². The van der Waals surface area contributed by atoms with E-state index in [0.717, 1.165) is 12.8 Å². The Morgan fingerprint density at radius 2 is 2.21 bits per heavy atom. The van der Waals surface area contributed by atoms with Gasteiger partial charge < -0.3 is 19.7 Å².